The molecule has 0 aromatic rings. The van der Waals surface area contributed by atoms with Crippen molar-refractivity contribution in [2.24, 2.45) is 0 Å². The lowest BCUT2D eigenvalue weighted by molar-refractivity contribution is -0.119. The Labute approximate surface area is 110 Å². The van der Waals surface area contributed by atoms with Crippen molar-refractivity contribution in [1.82, 2.24) is 5.32 Å². The number of carbonyl (C=O) groups is 1. The Balaban J connectivity index is 3.98. The van der Waals surface area contributed by atoms with Gasteiger partial charge in [-0.1, -0.05) is 20.8 Å². The molecular formula is C13H27NO2S. The lowest BCUT2D eigenvalue weighted by Crippen LogP contribution is -2.37. The predicted molar refractivity (Wildman–Crippen MR) is 75.5 cm³/mol. The summed E-state index contributed by atoms with van der Waals surface area (Å²) in [6, 6.07) is 0.280. The molecule has 1 atom stereocenters. The van der Waals surface area contributed by atoms with Crippen molar-refractivity contribution in [2.45, 2.75) is 58.2 Å². The van der Waals surface area contributed by atoms with E-state index in [0.29, 0.717) is 0 Å². The average Bonchev–Trinajstić information content (AvgIpc) is 2.22. The maximum absolute atomic E-state index is 11.1. The molecule has 0 aromatic carbocycles. The van der Waals surface area contributed by atoms with Crippen LogP contribution in [0, 0.1) is 0 Å². The number of hydrogen-bond acceptors (Lipinski definition) is 3. The van der Waals surface area contributed by atoms with Crippen LogP contribution in [0.5, 0.6) is 0 Å². The fourth-order valence-corrected chi connectivity index (χ4v) is 2.83. The standard InChI is InChI=1S/C13H27NO2S/c1-6-12(14-11(3)15)10-13(4,5)17-9-8-16-7-2/h12H,6-10H2,1-5H3,(H,14,15). The number of thioether (sulfide) groups is 1. The number of rotatable bonds is 9. The van der Waals surface area contributed by atoms with Gasteiger partial charge < -0.3 is 10.1 Å². The van der Waals surface area contributed by atoms with Crippen molar-refractivity contribution in [1.29, 1.82) is 0 Å². The van der Waals surface area contributed by atoms with Crippen LogP contribution in [0.4, 0.5) is 0 Å². The van der Waals surface area contributed by atoms with Crippen LogP contribution in [0.25, 0.3) is 0 Å². The fraction of sp³-hybridized carbons (Fsp3) is 0.923. The fourth-order valence-electron chi connectivity index (χ4n) is 1.76. The molecular weight excluding hydrogens is 234 g/mol. The molecule has 0 fully saturated rings. The van der Waals surface area contributed by atoms with Gasteiger partial charge in [-0.2, -0.15) is 11.8 Å². The molecule has 17 heavy (non-hydrogen) atoms. The minimum absolute atomic E-state index is 0.0620. The second-order valence-corrected chi connectivity index (χ2v) is 6.62. The van der Waals surface area contributed by atoms with Crippen molar-refractivity contribution >= 4 is 17.7 Å². The molecule has 4 heteroatoms. The summed E-state index contributed by atoms with van der Waals surface area (Å²) in [4.78, 5) is 11.1. The van der Waals surface area contributed by atoms with Crippen LogP contribution in [0.1, 0.15) is 47.5 Å². The zero-order valence-electron chi connectivity index (χ0n) is 11.8. The summed E-state index contributed by atoms with van der Waals surface area (Å²) in [5.41, 5.74) is 0. The highest BCUT2D eigenvalue weighted by Crippen LogP contribution is 2.29. The quantitative estimate of drug-likeness (QED) is 0.649. The van der Waals surface area contributed by atoms with Crippen molar-refractivity contribution in [3.05, 3.63) is 0 Å². The van der Waals surface area contributed by atoms with E-state index >= 15 is 0 Å². The van der Waals surface area contributed by atoms with Gasteiger partial charge in [0.05, 0.1) is 6.61 Å². The van der Waals surface area contributed by atoms with E-state index in [-0.39, 0.29) is 16.7 Å². The largest absolute Gasteiger partial charge is 0.381 e. The SMILES string of the molecule is CCOCCSC(C)(C)CC(CC)NC(C)=O. The second kappa shape index (κ2) is 8.81. The molecule has 0 saturated carbocycles. The number of hydrogen-bond donors (Lipinski definition) is 1. The van der Waals surface area contributed by atoms with E-state index in [1.807, 2.05) is 18.7 Å². The number of ether oxygens (including phenoxy) is 1. The Kier molecular flexibility index (Phi) is 8.70. The van der Waals surface area contributed by atoms with E-state index in [0.717, 1.165) is 31.8 Å². The van der Waals surface area contributed by atoms with Crippen LogP contribution >= 0.6 is 11.8 Å². The predicted octanol–water partition coefficient (Wildman–Crippen LogP) is 2.84. The van der Waals surface area contributed by atoms with Crippen LogP contribution in [-0.2, 0) is 9.53 Å². The third kappa shape index (κ3) is 9.48. The zero-order valence-corrected chi connectivity index (χ0v) is 12.7. The van der Waals surface area contributed by atoms with Gasteiger partial charge in [-0.05, 0) is 19.8 Å². The Bertz CT molecular complexity index is 219. The molecule has 1 unspecified atom stereocenters. The van der Waals surface area contributed by atoms with E-state index in [9.17, 15) is 4.79 Å². The van der Waals surface area contributed by atoms with Gasteiger partial charge >= 0.3 is 0 Å². The molecule has 0 heterocycles. The first kappa shape index (κ1) is 16.8. The van der Waals surface area contributed by atoms with E-state index in [1.165, 1.54) is 0 Å². The second-order valence-electron chi connectivity index (χ2n) is 4.81. The van der Waals surface area contributed by atoms with Crippen LogP contribution in [0.15, 0.2) is 0 Å². The first-order valence-corrected chi connectivity index (χ1v) is 7.38. The summed E-state index contributed by atoms with van der Waals surface area (Å²) >= 11 is 1.91. The highest BCUT2D eigenvalue weighted by Gasteiger charge is 2.23. The van der Waals surface area contributed by atoms with Crippen molar-refractivity contribution in [3.8, 4) is 0 Å². The lowest BCUT2D eigenvalue weighted by atomic mass is 10.0. The van der Waals surface area contributed by atoms with Crippen LogP contribution in [0.2, 0.25) is 0 Å². The van der Waals surface area contributed by atoms with Gasteiger partial charge in [0.15, 0.2) is 0 Å². The highest BCUT2D eigenvalue weighted by molar-refractivity contribution is 8.00. The normalized spacial score (nSPS) is 13.5. The van der Waals surface area contributed by atoms with Crippen LogP contribution < -0.4 is 5.32 Å². The zero-order chi connectivity index (χ0) is 13.3. The summed E-state index contributed by atoms with van der Waals surface area (Å²) < 4.78 is 5.51. The number of nitrogens with one attached hydrogen (secondary N) is 1. The molecule has 3 nitrogen and oxygen atoms in total. The monoisotopic (exact) mass is 261 g/mol. The molecule has 0 radical (unpaired) electrons. The van der Waals surface area contributed by atoms with Gasteiger partial charge in [0.1, 0.15) is 0 Å². The van der Waals surface area contributed by atoms with Gasteiger partial charge in [0, 0.05) is 30.1 Å². The van der Waals surface area contributed by atoms with E-state index in [1.54, 1.807) is 6.92 Å². The molecule has 1 N–H and O–H groups in total. The third-order valence-corrected chi connectivity index (χ3v) is 3.88. The molecule has 0 rings (SSSR count). The van der Waals surface area contributed by atoms with Gasteiger partial charge in [0.2, 0.25) is 5.91 Å². The molecule has 0 aliphatic heterocycles. The van der Waals surface area contributed by atoms with Gasteiger partial charge in [-0.15, -0.1) is 0 Å². The Hall–Kier alpha value is -0.220. The summed E-state index contributed by atoms with van der Waals surface area (Å²) in [5.74, 6) is 1.07. The molecule has 0 aliphatic carbocycles. The van der Waals surface area contributed by atoms with Gasteiger partial charge in [-0.3, -0.25) is 4.79 Å². The van der Waals surface area contributed by atoms with Crippen molar-refractivity contribution in [3.63, 3.8) is 0 Å². The van der Waals surface area contributed by atoms with E-state index in [2.05, 4.69) is 26.1 Å². The highest BCUT2D eigenvalue weighted by atomic mass is 32.2. The topological polar surface area (TPSA) is 38.3 Å². The molecule has 0 bridgehead atoms. The molecule has 1 amide bonds. The molecule has 0 aliphatic rings. The molecule has 0 aromatic heterocycles. The molecule has 102 valence electrons. The van der Waals surface area contributed by atoms with Crippen LogP contribution in [-0.4, -0.2) is 35.7 Å². The Morgan fingerprint density at radius 2 is 2.06 bits per heavy atom. The van der Waals surface area contributed by atoms with Crippen LogP contribution in [0.3, 0.4) is 0 Å². The van der Waals surface area contributed by atoms with Gasteiger partial charge in [0.25, 0.3) is 0 Å². The number of amides is 1. The average molecular weight is 261 g/mol. The van der Waals surface area contributed by atoms with Crippen molar-refractivity contribution < 1.29 is 9.53 Å². The number of carbonyl (C=O) groups excluding carboxylic acids is 1. The van der Waals surface area contributed by atoms with Gasteiger partial charge in [-0.25, -0.2) is 0 Å². The maximum Gasteiger partial charge on any atom is 0.217 e. The third-order valence-electron chi connectivity index (χ3n) is 2.56. The van der Waals surface area contributed by atoms with E-state index in [4.69, 9.17) is 4.74 Å². The summed E-state index contributed by atoms with van der Waals surface area (Å²) in [6.07, 6.45) is 1.98. The summed E-state index contributed by atoms with van der Waals surface area (Å²) in [7, 11) is 0. The lowest BCUT2D eigenvalue weighted by Gasteiger charge is -2.29. The summed E-state index contributed by atoms with van der Waals surface area (Å²) in [6.45, 7) is 11.8. The Morgan fingerprint density at radius 3 is 2.53 bits per heavy atom. The molecule has 0 spiro atoms. The van der Waals surface area contributed by atoms with E-state index < -0.39 is 0 Å². The maximum atomic E-state index is 11.1. The van der Waals surface area contributed by atoms with Crippen molar-refractivity contribution in [2.75, 3.05) is 19.0 Å². The first-order valence-electron chi connectivity index (χ1n) is 6.40. The minimum atomic E-state index is 0.0620. The Morgan fingerprint density at radius 1 is 1.41 bits per heavy atom. The first-order chi connectivity index (χ1) is 7.91. The minimum Gasteiger partial charge on any atom is -0.381 e. The smallest absolute Gasteiger partial charge is 0.217 e. The molecule has 0 saturated heterocycles. The summed E-state index contributed by atoms with van der Waals surface area (Å²) in [5, 5.41) is 3.00.